The number of imidazole rings is 1. The summed E-state index contributed by atoms with van der Waals surface area (Å²) in [5.74, 6) is 1.16. The van der Waals surface area contributed by atoms with Crippen molar-refractivity contribution in [3.8, 4) is 0 Å². The molecule has 0 bridgehead atoms. The van der Waals surface area contributed by atoms with Crippen LogP contribution in [0.5, 0.6) is 0 Å². The maximum absolute atomic E-state index is 4.75. The van der Waals surface area contributed by atoms with Gasteiger partial charge in [0.15, 0.2) is 5.65 Å². The standard InChI is InChI=1S/C13H18N4/c1-3-17-9-5-7-11(17)13-15-10-6-4-8-14-12(10)16(13)2/h4,6,8,11H,3,5,7,9H2,1-2H3. The summed E-state index contributed by atoms with van der Waals surface area (Å²) in [6, 6.07) is 4.46. The molecule has 2 aromatic heterocycles. The van der Waals surface area contributed by atoms with E-state index in [2.05, 4.69) is 28.4 Å². The Hall–Kier alpha value is -1.42. The van der Waals surface area contributed by atoms with E-state index in [0.29, 0.717) is 6.04 Å². The molecule has 1 saturated heterocycles. The van der Waals surface area contributed by atoms with Crippen LogP contribution >= 0.6 is 0 Å². The molecule has 1 atom stereocenters. The Kier molecular flexibility index (Phi) is 2.59. The van der Waals surface area contributed by atoms with E-state index >= 15 is 0 Å². The summed E-state index contributed by atoms with van der Waals surface area (Å²) in [4.78, 5) is 11.7. The van der Waals surface area contributed by atoms with Crippen molar-refractivity contribution < 1.29 is 0 Å². The summed E-state index contributed by atoms with van der Waals surface area (Å²) < 4.78 is 2.15. The van der Waals surface area contributed by atoms with E-state index < -0.39 is 0 Å². The van der Waals surface area contributed by atoms with Gasteiger partial charge in [-0.15, -0.1) is 0 Å². The van der Waals surface area contributed by atoms with Crippen molar-refractivity contribution in [2.24, 2.45) is 7.05 Å². The fourth-order valence-corrected chi connectivity index (χ4v) is 2.84. The van der Waals surface area contributed by atoms with Crippen LogP contribution in [0.1, 0.15) is 31.6 Å². The van der Waals surface area contributed by atoms with Crippen molar-refractivity contribution in [3.63, 3.8) is 0 Å². The summed E-state index contributed by atoms with van der Waals surface area (Å²) in [5, 5.41) is 0. The number of aryl methyl sites for hydroxylation is 1. The summed E-state index contributed by atoms with van der Waals surface area (Å²) in [5.41, 5.74) is 2.00. The van der Waals surface area contributed by atoms with Crippen LogP contribution in [-0.4, -0.2) is 32.5 Å². The first-order chi connectivity index (χ1) is 8.31. The van der Waals surface area contributed by atoms with E-state index in [1.165, 1.54) is 19.4 Å². The lowest BCUT2D eigenvalue weighted by molar-refractivity contribution is 0.259. The molecule has 1 unspecified atom stereocenters. The van der Waals surface area contributed by atoms with E-state index in [1.54, 1.807) is 0 Å². The smallest absolute Gasteiger partial charge is 0.159 e. The van der Waals surface area contributed by atoms with Gasteiger partial charge in [-0.1, -0.05) is 6.92 Å². The minimum absolute atomic E-state index is 0.471. The number of fused-ring (bicyclic) bond motifs is 1. The first-order valence-corrected chi connectivity index (χ1v) is 6.32. The summed E-state index contributed by atoms with van der Waals surface area (Å²) in [6.45, 7) is 4.51. The molecule has 4 heteroatoms. The average Bonchev–Trinajstić information content (AvgIpc) is 2.94. The molecule has 4 nitrogen and oxygen atoms in total. The maximum atomic E-state index is 4.75. The Morgan fingerprint density at radius 1 is 1.47 bits per heavy atom. The van der Waals surface area contributed by atoms with E-state index in [-0.39, 0.29) is 0 Å². The Labute approximate surface area is 101 Å². The second-order valence-electron chi connectivity index (χ2n) is 4.66. The molecular weight excluding hydrogens is 212 g/mol. The highest BCUT2D eigenvalue weighted by Gasteiger charge is 2.28. The highest BCUT2D eigenvalue weighted by atomic mass is 15.2. The molecule has 1 aliphatic heterocycles. The number of rotatable bonds is 2. The molecule has 3 rings (SSSR count). The number of aromatic nitrogens is 3. The normalized spacial score (nSPS) is 21.4. The lowest BCUT2D eigenvalue weighted by Gasteiger charge is -2.21. The molecular formula is C13H18N4. The van der Waals surface area contributed by atoms with Gasteiger partial charge in [-0.2, -0.15) is 0 Å². The molecule has 1 fully saturated rings. The van der Waals surface area contributed by atoms with Gasteiger partial charge in [-0.05, 0) is 38.1 Å². The van der Waals surface area contributed by atoms with Gasteiger partial charge in [-0.25, -0.2) is 9.97 Å². The molecule has 90 valence electrons. The molecule has 0 spiro atoms. The number of pyridine rings is 1. The minimum atomic E-state index is 0.471. The van der Waals surface area contributed by atoms with Crippen molar-refractivity contribution in [2.75, 3.05) is 13.1 Å². The molecule has 0 aliphatic carbocycles. The molecule has 0 N–H and O–H groups in total. The van der Waals surface area contributed by atoms with Crippen LogP contribution in [0, 0.1) is 0 Å². The fourth-order valence-electron chi connectivity index (χ4n) is 2.84. The van der Waals surface area contributed by atoms with Crippen LogP contribution < -0.4 is 0 Å². The van der Waals surface area contributed by atoms with Crippen LogP contribution in [0.2, 0.25) is 0 Å². The zero-order valence-electron chi connectivity index (χ0n) is 10.4. The van der Waals surface area contributed by atoms with Crippen LogP contribution in [0.3, 0.4) is 0 Å². The second-order valence-corrected chi connectivity index (χ2v) is 4.66. The molecule has 0 amide bonds. The average molecular weight is 230 g/mol. The third-order valence-corrected chi connectivity index (χ3v) is 3.73. The quantitative estimate of drug-likeness (QED) is 0.792. The molecule has 0 aromatic carbocycles. The molecule has 2 aromatic rings. The van der Waals surface area contributed by atoms with Gasteiger partial charge in [0.2, 0.25) is 0 Å². The summed E-state index contributed by atoms with van der Waals surface area (Å²) in [7, 11) is 2.07. The lowest BCUT2D eigenvalue weighted by Crippen LogP contribution is -2.24. The lowest BCUT2D eigenvalue weighted by atomic mass is 10.2. The third-order valence-electron chi connectivity index (χ3n) is 3.73. The number of nitrogens with zero attached hydrogens (tertiary/aromatic N) is 4. The van der Waals surface area contributed by atoms with Gasteiger partial charge in [0.1, 0.15) is 11.3 Å². The van der Waals surface area contributed by atoms with E-state index in [9.17, 15) is 0 Å². The third kappa shape index (κ3) is 1.63. The van der Waals surface area contributed by atoms with Crippen molar-refractivity contribution in [1.29, 1.82) is 0 Å². The Bertz CT molecular complexity index is 531. The van der Waals surface area contributed by atoms with Gasteiger partial charge >= 0.3 is 0 Å². The molecule has 17 heavy (non-hydrogen) atoms. The van der Waals surface area contributed by atoms with Gasteiger partial charge in [0, 0.05) is 13.2 Å². The minimum Gasteiger partial charge on any atom is -0.315 e. The van der Waals surface area contributed by atoms with E-state index in [1.807, 2.05) is 18.3 Å². The number of hydrogen-bond donors (Lipinski definition) is 0. The van der Waals surface area contributed by atoms with Gasteiger partial charge < -0.3 is 4.57 Å². The summed E-state index contributed by atoms with van der Waals surface area (Å²) >= 11 is 0. The van der Waals surface area contributed by atoms with Crippen molar-refractivity contribution in [1.82, 2.24) is 19.4 Å². The van der Waals surface area contributed by atoms with Crippen LogP contribution in [0.25, 0.3) is 11.2 Å². The number of likely N-dealkylation sites (tertiary alicyclic amines) is 1. The predicted octanol–water partition coefficient (Wildman–Crippen LogP) is 2.13. The monoisotopic (exact) mass is 230 g/mol. The van der Waals surface area contributed by atoms with Crippen LogP contribution in [-0.2, 0) is 7.05 Å². The zero-order chi connectivity index (χ0) is 11.8. The van der Waals surface area contributed by atoms with E-state index in [4.69, 9.17) is 4.98 Å². The predicted molar refractivity (Wildman–Crippen MR) is 67.7 cm³/mol. The molecule has 0 radical (unpaired) electrons. The highest BCUT2D eigenvalue weighted by Crippen LogP contribution is 2.31. The Morgan fingerprint density at radius 3 is 3.12 bits per heavy atom. The molecule has 0 saturated carbocycles. The highest BCUT2D eigenvalue weighted by molar-refractivity contribution is 5.71. The summed E-state index contributed by atoms with van der Waals surface area (Å²) in [6.07, 6.45) is 4.32. The van der Waals surface area contributed by atoms with Gasteiger partial charge in [-0.3, -0.25) is 4.90 Å². The van der Waals surface area contributed by atoms with Crippen molar-refractivity contribution in [3.05, 3.63) is 24.2 Å². The second kappa shape index (κ2) is 4.11. The van der Waals surface area contributed by atoms with E-state index in [0.717, 1.165) is 23.5 Å². The fraction of sp³-hybridized carbons (Fsp3) is 0.538. The van der Waals surface area contributed by atoms with Crippen LogP contribution in [0.15, 0.2) is 18.3 Å². The molecule has 1 aliphatic rings. The first-order valence-electron chi connectivity index (χ1n) is 6.32. The van der Waals surface area contributed by atoms with Crippen LogP contribution in [0.4, 0.5) is 0 Å². The topological polar surface area (TPSA) is 34.0 Å². The SMILES string of the molecule is CCN1CCCC1c1nc2cccnc2n1C. The Balaban J connectivity index is 2.08. The molecule has 3 heterocycles. The van der Waals surface area contributed by atoms with Crippen molar-refractivity contribution >= 4 is 11.2 Å². The largest absolute Gasteiger partial charge is 0.315 e. The van der Waals surface area contributed by atoms with Crippen molar-refractivity contribution in [2.45, 2.75) is 25.8 Å². The van der Waals surface area contributed by atoms with Gasteiger partial charge in [0.05, 0.1) is 6.04 Å². The first kappa shape index (κ1) is 10.7. The van der Waals surface area contributed by atoms with Gasteiger partial charge in [0.25, 0.3) is 0 Å². The number of hydrogen-bond acceptors (Lipinski definition) is 3. The Morgan fingerprint density at radius 2 is 2.35 bits per heavy atom. The maximum Gasteiger partial charge on any atom is 0.159 e. The zero-order valence-corrected chi connectivity index (χ0v) is 10.4.